The topological polar surface area (TPSA) is 44.8 Å². The zero-order valence-electron chi connectivity index (χ0n) is 18.4. The van der Waals surface area contributed by atoms with Crippen molar-refractivity contribution < 1.29 is 37.9 Å². The number of hydrogen-bond donors (Lipinski definition) is 0. The molecule has 146 valence electrons. The molecule has 0 unspecified atom stereocenters. The smallest absolute Gasteiger partial charge is 0.499 e. The maximum Gasteiger partial charge on any atom is 1.00 e. The summed E-state index contributed by atoms with van der Waals surface area (Å²) in [6.07, 6.45) is 0. The molecule has 0 N–H and O–H groups in total. The summed E-state index contributed by atoms with van der Waals surface area (Å²) in [6.45, 7) is 10.5. The van der Waals surface area contributed by atoms with Crippen molar-refractivity contribution in [2.45, 2.75) is 40.0 Å². The maximum atomic E-state index is 13.2. The van der Waals surface area contributed by atoms with Crippen LogP contribution in [0.15, 0.2) is 24.3 Å². The molecule has 0 bridgehead atoms. The number of benzene rings is 2. The Kier molecular flexibility index (Phi) is 8.63. The Labute approximate surface area is 182 Å². The molecule has 6 heteroatoms. The van der Waals surface area contributed by atoms with Crippen molar-refractivity contribution in [3.8, 4) is 17.2 Å². The monoisotopic (exact) mass is 394 g/mol. The maximum absolute atomic E-state index is 13.2. The SMILES string of the molecule is COc1cc(OC)c([P-]C(=O)c2c(C)cc(C(C)(C)C)cc2C)c(OC)c1.[Li+]. The van der Waals surface area contributed by atoms with Crippen LogP contribution in [0.1, 0.15) is 47.8 Å². The van der Waals surface area contributed by atoms with E-state index in [2.05, 4.69) is 32.9 Å². The van der Waals surface area contributed by atoms with E-state index in [0.717, 1.165) is 16.7 Å². The van der Waals surface area contributed by atoms with Gasteiger partial charge in [0.2, 0.25) is 0 Å². The van der Waals surface area contributed by atoms with Gasteiger partial charge in [0, 0.05) is 17.7 Å². The van der Waals surface area contributed by atoms with Crippen molar-refractivity contribution in [2.24, 2.45) is 0 Å². The van der Waals surface area contributed by atoms with Gasteiger partial charge in [-0.05, 0) is 41.5 Å². The molecule has 0 radical (unpaired) electrons. The van der Waals surface area contributed by atoms with Gasteiger partial charge in [-0.2, -0.15) is 0 Å². The fraction of sp³-hybridized carbons (Fsp3) is 0.409. The molecule has 0 fully saturated rings. The van der Waals surface area contributed by atoms with Gasteiger partial charge in [-0.3, -0.25) is 0 Å². The molecular formula is C22H28LiO4P. The van der Waals surface area contributed by atoms with E-state index in [1.807, 2.05) is 13.8 Å². The summed E-state index contributed by atoms with van der Waals surface area (Å²) in [5.74, 6) is 1.77. The first-order chi connectivity index (χ1) is 12.6. The van der Waals surface area contributed by atoms with E-state index in [-0.39, 0.29) is 29.8 Å². The minimum Gasteiger partial charge on any atom is -0.499 e. The molecule has 0 aliphatic carbocycles. The normalized spacial score (nSPS) is 11.3. The van der Waals surface area contributed by atoms with Gasteiger partial charge in [-0.25, -0.2) is 0 Å². The second-order valence-corrected chi connectivity index (χ2v) is 8.61. The summed E-state index contributed by atoms with van der Waals surface area (Å²) >= 11 is 0. The largest absolute Gasteiger partial charge is 1.00 e. The third-order valence-corrected chi connectivity index (χ3v) is 5.61. The Hall–Kier alpha value is -1.46. The van der Waals surface area contributed by atoms with Crippen LogP contribution < -0.4 is 38.4 Å². The first-order valence-corrected chi connectivity index (χ1v) is 9.69. The molecular weight excluding hydrogens is 366 g/mol. The molecule has 28 heavy (non-hydrogen) atoms. The Bertz CT molecular complexity index is 808. The second-order valence-electron chi connectivity index (χ2n) is 7.53. The Morgan fingerprint density at radius 3 is 1.68 bits per heavy atom. The van der Waals surface area contributed by atoms with Gasteiger partial charge in [0.05, 0.1) is 32.8 Å². The number of rotatable bonds is 6. The summed E-state index contributed by atoms with van der Waals surface area (Å²) < 4.78 is 16.2. The Morgan fingerprint density at radius 1 is 0.857 bits per heavy atom. The van der Waals surface area contributed by atoms with Crippen LogP contribution >= 0.6 is 8.58 Å². The molecule has 0 amide bonds. The van der Waals surface area contributed by atoms with E-state index < -0.39 is 0 Å². The minimum absolute atomic E-state index is 0. The summed E-state index contributed by atoms with van der Waals surface area (Å²) in [5, 5.41) is 0.699. The fourth-order valence-electron chi connectivity index (χ4n) is 2.99. The van der Waals surface area contributed by atoms with Crippen molar-refractivity contribution in [3.63, 3.8) is 0 Å². The van der Waals surface area contributed by atoms with E-state index >= 15 is 0 Å². The molecule has 0 saturated heterocycles. The number of carbonyl (C=O) groups excluding carboxylic acids is 1. The van der Waals surface area contributed by atoms with Crippen LogP contribution in [0, 0.1) is 13.8 Å². The molecule has 4 nitrogen and oxygen atoms in total. The van der Waals surface area contributed by atoms with E-state index in [1.54, 1.807) is 33.5 Å². The molecule has 0 aliphatic heterocycles. The fourth-order valence-corrected chi connectivity index (χ4v) is 4.19. The molecule has 0 spiro atoms. The Balaban J connectivity index is 0.00000392. The predicted molar refractivity (Wildman–Crippen MR) is 112 cm³/mol. The average Bonchev–Trinajstić information content (AvgIpc) is 2.60. The van der Waals surface area contributed by atoms with Crippen LogP contribution in [-0.4, -0.2) is 26.9 Å². The van der Waals surface area contributed by atoms with Crippen LogP contribution in [0.4, 0.5) is 0 Å². The van der Waals surface area contributed by atoms with Crippen molar-refractivity contribution >= 4 is 19.4 Å². The van der Waals surface area contributed by atoms with Crippen LogP contribution in [-0.2, 0) is 5.41 Å². The van der Waals surface area contributed by atoms with E-state index in [0.29, 0.717) is 31.1 Å². The van der Waals surface area contributed by atoms with Crippen LogP contribution in [0.25, 0.3) is 0 Å². The predicted octanol–water partition coefficient (Wildman–Crippen LogP) is 2.04. The first-order valence-electron chi connectivity index (χ1n) is 8.80. The quantitative estimate of drug-likeness (QED) is 0.556. The van der Waals surface area contributed by atoms with Crippen LogP contribution in [0.2, 0.25) is 0 Å². The number of ether oxygens (including phenoxy) is 3. The molecule has 0 aromatic heterocycles. The molecule has 2 rings (SSSR count). The molecule has 0 saturated carbocycles. The van der Waals surface area contributed by atoms with Crippen LogP contribution in [0.3, 0.4) is 0 Å². The van der Waals surface area contributed by atoms with Gasteiger partial charge in [0.15, 0.2) is 0 Å². The standard InChI is InChI=1S/C22H28O4P.Li/c1-13-9-15(22(3,4)5)10-14(2)19(13)21(23)27-20-17(25-7)11-16(24-6)12-18(20)26-8;/h9-12H,1-8H3;/q-1;+1. The zero-order valence-corrected chi connectivity index (χ0v) is 19.3. The van der Waals surface area contributed by atoms with Gasteiger partial charge in [0.25, 0.3) is 0 Å². The zero-order chi connectivity index (χ0) is 20.4. The third kappa shape index (κ3) is 5.32. The molecule has 2 aromatic rings. The van der Waals surface area contributed by atoms with Gasteiger partial charge < -0.3 is 27.6 Å². The third-order valence-electron chi connectivity index (χ3n) is 4.51. The van der Waals surface area contributed by atoms with E-state index in [1.165, 1.54) is 5.56 Å². The van der Waals surface area contributed by atoms with Gasteiger partial charge in [-0.1, -0.05) is 32.9 Å². The minimum atomic E-state index is 0. The van der Waals surface area contributed by atoms with Gasteiger partial charge >= 0.3 is 18.9 Å². The molecule has 0 atom stereocenters. The molecule has 0 aliphatic rings. The summed E-state index contributed by atoms with van der Waals surface area (Å²) in [4.78, 5) is 13.2. The number of methoxy groups -OCH3 is 3. The summed E-state index contributed by atoms with van der Waals surface area (Å²) in [6, 6.07) is 7.75. The number of aryl methyl sites for hydroxylation is 2. The number of hydrogen-bond acceptors (Lipinski definition) is 4. The van der Waals surface area contributed by atoms with Crippen molar-refractivity contribution in [2.75, 3.05) is 21.3 Å². The summed E-state index contributed by atoms with van der Waals surface area (Å²) in [7, 11) is 5.24. The van der Waals surface area contributed by atoms with E-state index in [4.69, 9.17) is 14.2 Å². The molecule has 2 aromatic carbocycles. The second kappa shape index (κ2) is 9.84. The van der Waals surface area contributed by atoms with E-state index in [9.17, 15) is 4.79 Å². The van der Waals surface area contributed by atoms with Crippen molar-refractivity contribution in [1.29, 1.82) is 0 Å². The number of carbonyl (C=O) groups is 1. The molecule has 0 heterocycles. The summed E-state index contributed by atoms with van der Waals surface area (Å²) in [5.41, 5.74) is 4.02. The Morgan fingerprint density at radius 2 is 1.32 bits per heavy atom. The first kappa shape index (κ1) is 24.6. The van der Waals surface area contributed by atoms with Crippen molar-refractivity contribution in [1.82, 2.24) is 0 Å². The van der Waals surface area contributed by atoms with Gasteiger partial charge in [-0.15, -0.1) is 5.30 Å². The van der Waals surface area contributed by atoms with Crippen molar-refractivity contribution in [3.05, 3.63) is 46.5 Å². The van der Waals surface area contributed by atoms with Crippen LogP contribution in [0.5, 0.6) is 17.2 Å². The van der Waals surface area contributed by atoms with Gasteiger partial charge in [0.1, 0.15) is 5.75 Å². The average molecular weight is 394 g/mol.